The highest BCUT2D eigenvalue weighted by molar-refractivity contribution is 6.35. The van der Waals surface area contributed by atoms with Gasteiger partial charge in [-0.05, 0) is 58.5 Å². The molecule has 0 spiro atoms. The van der Waals surface area contributed by atoms with Gasteiger partial charge in [-0.25, -0.2) is 5.10 Å². The maximum absolute atomic E-state index is 13.2. The maximum atomic E-state index is 13.2. The van der Waals surface area contributed by atoms with E-state index in [-0.39, 0.29) is 6.54 Å². The Balaban J connectivity index is 1.82. The number of hydrogen-bond acceptors (Lipinski definition) is 4. The van der Waals surface area contributed by atoms with Gasteiger partial charge in [0.25, 0.3) is 0 Å². The van der Waals surface area contributed by atoms with Crippen molar-refractivity contribution in [3.8, 4) is 0 Å². The Hall–Kier alpha value is -2.91. The molecule has 2 aromatic heterocycles. The van der Waals surface area contributed by atoms with Gasteiger partial charge in [0, 0.05) is 15.4 Å². The molecule has 0 amide bonds. The van der Waals surface area contributed by atoms with Gasteiger partial charge < -0.3 is 0 Å². The standard InChI is InChI=1S/C18H11Cl2F3N6/c19-12-3-1-10(14(20)8-12)9-29-16-7-11(18(21,22)23)2-4-13(16)15(26-29)5-6-17-24-27-28-25-17/h1-8H,9H2,(H,24,25,27,28). The van der Waals surface area contributed by atoms with Crippen molar-refractivity contribution >= 4 is 46.3 Å². The SMILES string of the molecule is FC(F)(F)c1ccc2c(C=Cc3nnn[nH]3)nn(Cc3ccc(Cl)cc3Cl)c2c1. The fraction of sp³-hybridized carbons (Fsp3) is 0.111. The number of nitrogens with zero attached hydrogens (tertiary/aromatic N) is 5. The van der Waals surface area contributed by atoms with Crippen LogP contribution in [0, 0.1) is 0 Å². The summed E-state index contributed by atoms with van der Waals surface area (Å²) in [6.45, 7) is 0.172. The first-order valence-corrected chi connectivity index (χ1v) is 9.00. The van der Waals surface area contributed by atoms with Crippen molar-refractivity contribution in [2.24, 2.45) is 0 Å². The summed E-state index contributed by atoms with van der Waals surface area (Å²) < 4.78 is 41.1. The number of aromatic nitrogens is 6. The lowest BCUT2D eigenvalue weighted by atomic mass is 10.1. The molecular weight excluding hydrogens is 428 g/mol. The second kappa shape index (κ2) is 7.49. The normalized spacial score (nSPS) is 12.3. The van der Waals surface area contributed by atoms with E-state index in [9.17, 15) is 13.2 Å². The van der Waals surface area contributed by atoms with Crippen molar-refractivity contribution < 1.29 is 13.2 Å². The van der Waals surface area contributed by atoms with Crippen LogP contribution in [0.25, 0.3) is 23.1 Å². The third-order valence-electron chi connectivity index (χ3n) is 4.20. The molecule has 0 saturated carbocycles. The first-order chi connectivity index (χ1) is 13.8. The van der Waals surface area contributed by atoms with Crippen LogP contribution in [-0.2, 0) is 12.7 Å². The highest BCUT2D eigenvalue weighted by Crippen LogP contribution is 2.33. The van der Waals surface area contributed by atoms with Crippen molar-refractivity contribution in [1.82, 2.24) is 30.4 Å². The number of halogens is 5. The molecule has 2 aromatic carbocycles. The summed E-state index contributed by atoms with van der Waals surface area (Å²) in [4.78, 5) is 0. The Morgan fingerprint density at radius 1 is 1.07 bits per heavy atom. The van der Waals surface area contributed by atoms with Crippen LogP contribution in [-0.4, -0.2) is 30.4 Å². The number of aromatic amines is 1. The second-order valence-electron chi connectivity index (χ2n) is 6.13. The van der Waals surface area contributed by atoms with Crippen molar-refractivity contribution in [3.05, 3.63) is 69.1 Å². The van der Waals surface area contributed by atoms with E-state index in [0.717, 1.165) is 12.1 Å². The minimum absolute atomic E-state index is 0.172. The summed E-state index contributed by atoms with van der Waals surface area (Å²) in [7, 11) is 0. The number of tetrazole rings is 1. The molecule has 0 unspecified atom stereocenters. The second-order valence-corrected chi connectivity index (χ2v) is 6.97. The molecule has 1 N–H and O–H groups in total. The van der Waals surface area contributed by atoms with E-state index >= 15 is 0 Å². The van der Waals surface area contributed by atoms with E-state index in [1.807, 2.05) is 0 Å². The smallest absolute Gasteiger partial charge is 0.260 e. The molecule has 11 heteroatoms. The molecule has 0 aliphatic carbocycles. The van der Waals surface area contributed by atoms with E-state index < -0.39 is 11.7 Å². The zero-order valence-corrected chi connectivity index (χ0v) is 16.0. The molecule has 0 radical (unpaired) electrons. The van der Waals surface area contributed by atoms with Gasteiger partial charge >= 0.3 is 6.18 Å². The van der Waals surface area contributed by atoms with Crippen LogP contribution in [0.2, 0.25) is 10.0 Å². The topological polar surface area (TPSA) is 72.3 Å². The van der Waals surface area contributed by atoms with Gasteiger partial charge in [0.2, 0.25) is 0 Å². The van der Waals surface area contributed by atoms with E-state index in [2.05, 4.69) is 25.7 Å². The lowest BCUT2D eigenvalue weighted by molar-refractivity contribution is -0.137. The number of rotatable bonds is 4. The lowest BCUT2D eigenvalue weighted by Crippen LogP contribution is -2.06. The molecule has 6 nitrogen and oxygen atoms in total. The number of fused-ring (bicyclic) bond motifs is 1. The molecule has 148 valence electrons. The van der Waals surface area contributed by atoms with Crippen LogP contribution >= 0.6 is 23.2 Å². The third kappa shape index (κ3) is 4.10. The largest absolute Gasteiger partial charge is 0.416 e. The fourth-order valence-electron chi connectivity index (χ4n) is 2.83. The van der Waals surface area contributed by atoms with Gasteiger partial charge in [-0.1, -0.05) is 29.3 Å². The van der Waals surface area contributed by atoms with Crippen LogP contribution < -0.4 is 0 Å². The molecule has 0 fully saturated rings. The minimum Gasteiger partial charge on any atom is -0.260 e. The summed E-state index contributed by atoms with van der Waals surface area (Å²) in [6, 6.07) is 8.43. The monoisotopic (exact) mass is 438 g/mol. The average Bonchev–Trinajstić information content (AvgIpc) is 3.29. The predicted molar refractivity (Wildman–Crippen MR) is 103 cm³/mol. The molecule has 0 saturated heterocycles. The van der Waals surface area contributed by atoms with Gasteiger partial charge in [-0.2, -0.15) is 18.3 Å². The number of alkyl halides is 3. The van der Waals surface area contributed by atoms with Crippen molar-refractivity contribution in [2.75, 3.05) is 0 Å². The van der Waals surface area contributed by atoms with Crippen molar-refractivity contribution in [3.63, 3.8) is 0 Å². The number of hydrogen-bond donors (Lipinski definition) is 1. The summed E-state index contributed by atoms with van der Waals surface area (Å²) >= 11 is 12.1. The van der Waals surface area contributed by atoms with E-state index in [1.165, 1.54) is 10.7 Å². The van der Waals surface area contributed by atoms with Gasteiger partial charge in [-0.15, -0.1) is 5.10 Å². The quantitative estimate of drug-likeness (QED) is 0.481. The Labute approximate surface area is 171 Å². The molecule has 4 rings (SSSR count). The van der Waals surface area contributed by atoms with Crippen LogP contribution in [0.3, 0.4) is 0 Å². The van der Waals surface area contributed by atoms with Gasteiger partial charge in [0.1, 0.15) is 0 Å². The Kier molecular flexibility index (Phi) is 5.01. The molecule has 0 aliphatic rings. The molecular formula is C18H11Cl2F3N6. The first-order valence-electron chi connectivity index (χ1n) is 8.25. The summed E-state index contributed by atoms with van der Waals surface area (Å²) in [5.41, 5.74) is 0.701. The summed E-state index contributed by atoms with van der Waals surface area (Å²) in [5.74, 6) is 0.389. The zero-order valence-electron chi connectivity index (χ0n) is 14.5. The summed E-state index contributed by atoms with van der Waals surface area (Å²) in [6.07, 6.45) is -1.26. The Bertz CT molecular complexity index is 1200. The lowest BCUT2D eigenvalue weighted by Gasteiger charge is -2.09. The Morgan fingerprint density at radius 3 is 2.59 bits per heavy atom. The highest BCUT2D eigenvalue weighted by atomic mass is 35.5. The third-order valence-corrected chi connectivity index (χ3v) is 4.79. The summed E-state index contributed by atoms with van der Waals surface area (Å²) in [5, 5.41) is 19.1. The number of benzene rings is 2. The van der Waals surface area contributed by atoms with Crippen LogP contribution in [0.1, 0.15) is 22.6 Å². The zero-order chi connectivity index (χ0) is 20.6. The van der Waals surface area contributed by atoms with Crippen LogP contribution in [0.5, 0.6) is 0 Å². The molecule has 29 heavy (non-hydrogen) atoms. The minimum atomic E-state index is -4.47. The number of H-pyrrole nitrogens is 1. The average molecular weight is 439 g/mol. The first kappa shape index (κ1) is 19.4. The van der Waals surface area contributed by atoms with Gasteiger partial charge in [0.15, 0.2) is 5.82 Å². The maximum Gasteiger partial charge on any atom is 0.416 e. The molecule has 0 bridgehead atoms. The van der Waals surface area contributed by atoms with Crippen LogP contribution in [0.4, 0.5) is 13.2 Å². The van der Waals surface area contributed by atoms with Gasteiger partial charge in [0.05, 0.1) is 23.3 Å². The molecule has 4 aromatic rings. The fourth-order valence-corrected chi connectivity index (χ4v) is 3.29. The molecule has 2 heterocycles. The van der Waals surface area contributed by atoms with Crippen molar-refractivity contribution in [1.29, 1.82) is 0 Å². The van der Waals surface area contributed by atoms with Gasteiger partial charge in [-0.3, -0.25) is 4.68 Å². The van der Waals surface area contributed by atoms with Crippen LogP contribution in [0.15, 0.2) is 36.4 Å². The van der Waals surface area contributed by atoms with E-state index in [4.69, 9.17) is 23.2 Å². The Morgan fingerprint density at radius 2 is 1.90 bits per heavy atom. The van der Waals surface area contributed by atoms with E-state index in [1.54, 1.807) is 30.4 Å². The van der Waals surface area contributed by atoms with E-state index in [0.29, 0.717) is 38.0 Å². The molecule has 0 atom stereocenters. The molecule has 0 aliphatic heterocycles. The highest BCUT2D eigenvalue weighted by Gasteiger charge is 2.31. The number of nitrogens with one attached hydrogen (secondary N) is 1. The predicted octanol–water partition coefficient (Wildman–Crippen LogP) is 5.09. The van der Waals surface area contributed by atoms with Crippen molar-refractivity contribution in [2.45, 2.75) is 12.7 Å².